The third-order valence-corrected chi connectivity index (χ3v) is 5.46. The molecule has 2 fully saturated rings. The van der Waals surface area contributed by atoms with Crippen molar-refractivity contribution in [3.8, 4) is 0 Å². The minimum atomic E-state index is -1.16. The second-order valence-corrected chi connectivity index (χ2v) is 7.42. The van der Waals surface area contributed by atoms with Crippen LogP contribution in [-0.4, -0.2) is 18.7 Å². The molecule has 1 aliphatic carbocycles. The van der Waals surface area contributed by atoms with Crippen molar-refractivity contribution in [3.63, 3.8) is 0 Å². The summed E-state index contributed by atoms with van der Waals surface area (Å²) in [5.74, 6) is -0.694. The summed E-state index contributed by atoms with van der Waals surface area (Å²) in [5, 5.41) is 0. The fraction of sp³-hybridized carbons (Fsp3) is 0.667. The maximum atomic E-state index is 11.8. The van der Waals surface area contributed by atoms with E-state index in [0.717, 1.165) is 37.5 Å². The average Bonchev–Trinajstić information content (AvgIpc) is 2.66. The van der Waals surface area contributed by atoms with Crippen LogP contribution >= 0.6 is 0 Å². The van der Waals surface area contributed by atoms with E-state index < -0.39 is 11.4 Å². The smallest absolute Gasteiger partial charge is 0.206 e. The van der Waals surface area contributed by atoms with E-state index in [2.05, 4.69) is 0 Å². The number of benzene rings is 1. The van der Waals surface area contributed by atoms with Gasteiger partial charge in [0.2, 0.25) is 11.4 Å². The molecule has 2 aliphatic rings. The molecule has 0 N–H and O–H groups in total. The van der Waals surface area contributed by atoms with Crippen molar-refractivity contribution in [1.29, 1.82) is 0 Å². The summed E-state index contributed by atoms with van der Waals surface area (Å²) in [6, 6.07) is 9.45. The first-order chi connectivity index (χ1) is 12.3. The van der Waals surface area contributed by atoms with Gasteiger partial charge in [-0.3, -0.25) is 4.79 Å². The normalized spacial score (nSPS) is 28.6. The average molecular weight is 346 g/mol. The summed E-state index contributed by atoms with van der Waals surface area (Å²) in [7, 11) is 0. The minimum absolute atomic E-state index is 0.209. The molecule has 0 radical (unpaired) electrons. The van der Waals surface area contributed by atoms with Crippen LogP contribution in [0.15, 0.2) is 30.3 Å². The van der Waals surface area contributed by atoms with Gasteiger partial charge in [0.1, 0.15) is 0 Å². The molecule has 1 heterocycles. The first kappa shape index (κ1) is 18.6. The first-order valence-electron chi connectivity index (χ1n) is 9.81. The Morgan fingerprint density at radius 3 is 1.80 bits per heavy atom. The lowest BCUT2D eigenvalue weighted by molar-refractivity contribution is -0.508. The van der Waals surface area contributed by atoms with E-state index in [0.29, 0.717) is 0 Å². The monoisotopic (exact) mass is 346 g/mol. The Kier molecular flexibility index (Phi) is 6.63. The largest absolute Gasteiger partial charge is 0.343 e. The van der Waals surface area contributed by atoms with Gasteiger partial charge in [-0.05, 0) is 18.4 Å². The van der Waals surface area contributed by atoms with Crippen molar-refractivity contribution in [1.82, 2.24) is 0 Å². The highest BCUT2D eigenvalue weighted by atomic mass is 17.2. The summed E-state index contributed by atoms with van der Waals surface area (Å²) >= 11 is 0. The van der Waals surface area contributed by atoms with Gasteiger partial charge in [0.25, 0.3) is 0 Å². The molecule has 1 atom stereocenters. The zero-order chi connectivity index (χ0) is 17.4. The van der Waals surface area contributed by atoms with Crippen molar-refractivity contribution < 1.29 is 19.3 Å². The van der Waals surface area contributed by atoms with Crippen LogP contribution in [0.5, 0.6) is 0 Å². The van der Waals surface area contributed by atoms with Crippen LogP contribution in [0.2, 0.25) is 0 Å². The SMILES string of the molecule is O=CC1(c2ccccc2)COC2(CCCCCCCCCCC2)OO1. The Hall–Kier alpha value is -1.23. The zero-order valence-electron chi connectivity index (χ0n) is 15.1. The van der Waals surface area contributed by atoms with Crippen LogP contribution in [0.3, 0.4) is 0 Å². The fourth-order valence-corrected chi connectivity index (χ4v) is 3.79. The molecule has 0 bridgehead atoms. The molecular weight excluding hydrogens is 316 g/mol. The maximum absolute atomic E-state index is 11.8. The van der Waals surface area contributed by atoms with Gasteiger partial charge >= 0.3 is 0 Å². The molecule has 1 aromatic carbocycles. The van der Waals surface area contributed by atoms with Gasteiger partial charge in [0.15, 0.2) is 6.29 Å². The Labute approximate surface area is 150 Å². The van der Waals surface area contributed by atoms with E-state index in [1.807, 2.05) is 30.3 Å². The van der Waals surface area contributed by atoms with Crippen LogP contribution in [0.25, 0.3) is 0 Å². The lowest BCUT2D eigenvalue weighted by atomic mass is 9.94. The Morgan fingerprint density at radius 1 is 0.760 bits per heavy atom. The highest BCUT2D eigenvalue weighted by molar-refractivity contribution is 5.66. The van der Waals surface area contributed by atoms with Crippen molar-refractivity contribution in [2.45, 2.75) is 82.0 Å². The standard InChI is InChI=1S/C21H30O4/c22-17-20(19-13-9-8-10-14-19)18-23-21(25-24-20)15-11-6-4-2-1-3-5-7-12-16-21/h8-10,13-14,17H,1-7,11-12,15-16,18H2. The molecule has 4 heteroatoms. The first-order valence-corrected chi connectivity index (χ1v) is 9.81. The number of aldehydes is 1. The molecule has 3 rings (SSSR count). The van der Waals surface area contributed by atoms with E-state index in [1.54, 1.807) is 0 Å². The Balaban J connectivity index is 1.66. The van der Waals surface area contributed by atoms with Crippen LogP contribution in [0.4, 0.5) is 0 Å². The van der Waals surface area contributed by atoms with Gasteiger partial charge in [0, 0.05) is 12.8 Å². The molecule has 25 heavy (non-hydrogen) atoms. The molecule has 138 valence electrons. The van der Waals surface area contributed by atoms with E-state index in [-0.39, 0.29) is 6.61 Å². The number of ether oxygens (including phenoxy) is 1. The van der Waals surface area contributed by atoms with Gasteiger partial charge in [0.05, 0.1) is 6.61 Å². The third-order valence-electron chi connectivity index (χ3n) is 5.46. The summed E-state index contributed by atoms with van der Waals surface area (Å²) in [4.78, 5) is 23.3. The molecule has 0 amide bonds. The summed E-state index contributed by atoms with van der Waals surface area (Å²) in [6.07, 6.45) is 13.6. The molecule has 1 saturated carbocycles. The molecule has 0 aromatic heterocycles. The predicted octanol–water partition coefficient (Wildman–Crippen LogP) is 5.06. The van der Waals surface area contributed by atoms with Gasteiger partial charge in [-0.25, -0.2) is 4.89 Å². The van der Waals surface area contributed by atoms with E-state index in [9.17, 15) is 4.79 Å². The molecule has 1 unspecified atom stereocenters. The lowest BCUT2D eigenvalue weighted by Gasteiger charge is -2.43. The van der Waals surface area contributed by atoms with Gasteiger partial charge < -0.3 is 4.74 Å². The number of rotatable bonds is 2. The topological polar surface area (TPSA) is 44.8 Å². The van der Waals surface area contributed by atoms with Gasteiger partial charge in [-0.1, -0.05) is 75.3 Å². The number of hydrogen-bond donors (Lipinski definition) is 0. The number of carbonyl (C=O) groups excluding carboxylic acids is 1. The molecule has 1 aromatic rings. The van der Waals surface area contributed by atoms with Gasteiger partial charge in [-0.15, -0.1) is 0 Å². The predicted molar refractivity (Wildman–Crippen MR) is 95.8 cm³/mol. The van der Waals surface area contributed by atoms with E-state index >= 15 is 0 Å². The second-order valence-electron chi connectivity index (χ2n) is 7.42. The van der Waals surface area contributed by atoms with Crippen LogP contribution < -0.4 is 0 Å². The molecular formula is C21H30O4. The van der Waals surface area contributed by atoms with Crippen LogP contribution in [0, 0.1) is 0 Å². The molecule has 1 aliphatic heterocycles. The lowest BCUT2D eigenvalue weighted by Crippen LogP contribution is -2.51. The highest BCUT2D eigenvalue weighted by Crippen LogP contribution is 2.39. The van der Waals surface area contributed by atoms with Crippen LogP contribution in [-0.2, 0) is 24.9 Å². The highest BCUT2D eigenvalue weighted by Gasteiger charge is 2.47. The Bertz CT molecular complexity index is 506. The molecule has 4 nitrogen and oxygen atoms in total. The zero-order valence-corrected chi connectivity index (χ0v) is 15.1. The molecule has 1 saturated heterocycles. The van der Waals surface area contributed by atoms with Crippen molar-refractivity contribution >= 4 is 6.29 Å². The van der Waals surface area contributed by atoms with Crippen molar-refractivity contribution in [2.75, 3.05) is 6.61 Å². The summed E-state index contributed by atoms with van der Waals surface area (Å²) in [5.41, 5.74) is -0.385. The van der Waals surface area contributed by atoms with Gasteiger partial charge in [-0.2, -0.15) is 4.89 Å². The minimum Gasteiger partial charge on any atom is -0.343 e. The Morgan fingerprint density at radius 2 is 1.32 bits per heavy atom. The third kappa shape index (κ3) is 4.69. The van der Waals surface area contributed by atoms with Crippen molar-refractivity contribution in [3.05, 3.63) is 35.9 Å². The number of hydrogen-bond acceptors (Lipinski definition) is 4. The van der Waals surface area contributed by atoms with E-state index in [1.165, 1.54) is 44.9 Å². The van der Waals surface area contributed by atoms with Crippen molar-refractivity contribution in [2.24, 2.45) is 0 Å². The summed E-state index contributed by atoms with van der Waals surface area (Å²) in [6.45, 7) is 0.209. The molecule has 1 spiro atoms. The summed E-state index contributed by atoms with van der Waals surface area (Å²) < 4.78 is 6.19. The van der Waals surface area contributed by atoms with E-state index in [4.69, 9.17) is 14.5 Å². The fourth-order valence-electron chi connectivity index (χ4n) is 3.79. The maximum Gasteiger partial charge on any atom is 0.206 e. The number of carbonyl (C=O) groups is 1. The van der Waals surface area contributed by atoms with Crippen LogP contribution in [0.1, 0.15) is 76.2 Å². The second kappa shape index (κ2) is 8.93. The quantitative estimate of drug-likeness (QED) is 0.554.